The number of fused-ring (bicyclic) bond motifs is 3. The molecule has 0 aliphatic carbocycles. The van der Waals surface area contributed by atoms with Gasteiger partial charge in [-0.25, -0.2) is 4.98 Å². The Bertz CT molecular complexity index is 975. The molecule has 0 atom stereocenters. The van der Waals surface area contributed by atoms with Gasteiger partial charge >= 0.3 is 0 Å². The summed E-state index contributed by atoms with van der Waals surface area (Å²) < 4.78 is 3.18. The van der Waals surface area contributed by atoms with Gasteiger partial charge in [0.25, 0.3) is 0 Å². The topological polar surface area (TPSA) is 17.8 Å². The Balaban J connectivity index is 2.21. The van der Waals surface area contributed by atoms with Crippen molar-refractivity contribution in [2.75, 3.05) is 0 Å². The molecule has 4 aromatic rings. The van der Waals surface area contributed by atoms with Gasteiger partial charge in [-0.2, -0.15) is 0 Å². The molecule has 0 saturated heterocycles. The molecule has 21 heavy (non-hydrogen) atoms. The normalized spacial score (nSPS) is 11.3. The molecule has 2 heterocycles. The summed E-state index contributed by atoms with van der Waals surface area (Å²) in [6.07, 6.45) is 1.73. The maximum Gasteiger partial charge on any atom is 0.139 e. The minimum Gasteiger partial charge on any atom is -0.294 e. The maximum absolute atomic E-state index is 6.13. The highest BCUT2D eigenvalue weighted by atomic mass is 79.9. The van der Waals surface area contributed by atoms with E-state index in [1.807, 2.05) is 12.1 Å². The Labute approximate surface area is 135 Å². The zero-order chi connectivity index (χ0) is 14.4. The van der Waals surface area contributed by atoms with Crippen molar-refractivity contribution >= 4 is 49.3 Å². The summed E-state index contributed by atoms with van der Waals surface area (Å²) in [4.78, 5) is 4.48. The van der Waals surface area contributed by atoms with Crippen LogP contribution in [0.25, 0.3) is 27.6 Å². The van der Waals surface area contributed by atoms with Crippen LogP contribution in [0.1, 0.15) is 0 Å². The lowest BCUT2D eigenvalue weighted by atomic mass is 10.2. The molecule has 0 unspecified atom stereocenters. The molecule has 4 heteroatoms. The van der Waals surface area contributed by atoms with E-state index in [2.05, 4.69) is 61.9 Å². The van der Waals surface area contributed by atoms with Gasteiger partial charge in [0.1, 0.15) is 5.82 Å². The molecule has 0 amide bonds. The molecule has 2 nitrogen and oxygen atoms in total. The number of rotatable bonds is 1. The molecule has 0 bridgehead atoms. The minimum atomic E-state index is 0.681. The van der Waals surface area contributed by atoms with E-state index in [-0.39, 0.29) is 0 Å². The average Bonchev–Trinajstić information content (AvgIpc) is 2.80. The smallest absolute Gasteiger partial charge is 0.139 e. The van der Waals surface area contributed by atoms with Crippen LogP contribution in [0.4, 0.5) is 0 Å². The maximum atomic E-state index is 6.13. The number of nitrogens with zero attached hydrogens (tertiary/aromatic N) is 2. The first kappa shape index (κ1) is 12.9. The van der Waals surface area contributed by atoms with E-state index in [0.717, 1.165) is 21.3 Å². The van der Waals surface area contributed by atoms with E-state index in [4.69, 9.17) is 11.6 Å². The summed E-state index contributed by atoms with van der Waals surface area (Å²) in [5.74, 6) is 0.826. The summed E-state index contributed by atoms with van der Waals surface area (Å²) in [7, 11) is 0. The van der Waals surface area contributed by atoms with Crippen molar-refractivity contribution in [1.29, 1.82) is 0 Å². The lowest BCUT2D eigenvalue weighted by molar-refractivity contribution is 1.08. The zero-order valence-electron chi connectivity index (χ0n) is 10.9. The summed E-state index contributed by atoms with van der Waals surface area (Å²) in [5, 5.41) is 3.10. The van der Waals surface area contributed by atoms with E-state index in [0.29, 0.717) is 5.02 Å². The van der Waals surface area contributed by atoms with Crippen LogP contribution in [0, 0.1) is 0 Å². The van der Waals surface area contributed by atoms with E-state index in [9.17, 15) is 0 Å². The van der Waals surface area contributed by atoms with Gasteiger partial charge in [-0.3, -0.25) is 4.57 Å². The van der Waals surface area contributed by atoms with Crippen LogP contribution >= 0.6 is 27.5 Å². The monoisotopic (exact) mass is 356 g/mol. The number of pyridine rings is 1. The highest BCUT2D eigenvalue weighted by Gasteiger charge is 2.12. The van der Waals surface area contributed by atoms with Crippen molar-refractivity contribution in [1.82, 2.24) is 9.55 Å². The molecule has 102 valence electrons. The molecule has 0 saturated carbocycles. The number of halogens is 2. The second-order valence-corrected chi connectivity index (χ2v) is 6.20. The third kappa shape index (κ3) is 2.04. The number of hydrogen-bond acceptors (Lipinski definition) is 1. The third-order valence-electron chi connectivity index (χ3n) is 3.57. The predicted molar refractivity (Wildman–Crippen MR) is 91.3 cm³/mol. The molecule has 0 spiro atoms. The highest BCUT2D eigenvalue weighted by Crippen LogP contribution is 2.33. The molecule has 4 rings (SSSR count). The fourth-order valence-corrected chi connectivity index (χ4v) is 3.21. The summed E-state index contributed by atoms with van der Waals surface area (Å²) in [6.45, 7) is 0. The largest absolute Gasteiger partial charge is 0.294 e. The minimum absolute atomic E-state index is 0.681. The van der Waals surface area contributed by atoms with Crippen LogP contribution in [0.5, 0.6) is 0 Å². The Hall–Kier alpha value is -1.84. The van der Waals surface area contributed by atoms with Crippen LogP contribution in [0.2, 0.25) is 5.02 Å². The second-order valence-electron chi connectivity index (χ2n) is 4.85. The van der Waals surface area contributed by atoms with Crippen molar-refractivity contribution < 1.29 is 0 Å². The second kappa shape index (κ2) is 4.86. The van der Waals surface area contributed by atoms with Crippen LogP contribution < -0.4 is 0 Å². The van der Waals surface area contributed by atoms with E-state index in [1.54, 1.807) is 12.3 Å². The molecular formula is C17H10BrClN2. The Morgan fingerprint density at radius 3 is 2.57 bits per heavy atom. The van der Waals surface area contributed by atoms with Crippen molar-refractivity contribution in [3.8, 4) is 5.82 Å². The van der Waals surface area contributed by atoms with Crippen LogP contribution in [-0.2, 0) is 0 Å². The summed E-state index contributed by atoms with van der Waals surface area (Å²) in [6, 6.07) is 18.3. The first-order valence-electron chi connectivity index (χ1n) is 6.55. The number of benzene rings is 2. The van der Waals surface area contributed by atoms with Gasteiger partial charge in [-0.15, -0.1) is 0 Å². The number of para-hydroxylation sites is 1. The van der Waals surface area contributed by atoms with E-state index in [1.165, 1.54) is 10.8 Å². The SMILES string of the molecule is Clc1ccnc(-n2c3ccccc3c3ccc(Br)cc32)c1. The van der Waals surface area contributed by atoms with E-state index < -0.39 is 0 Å². The zero-order valence-corrected chi connectivity index (χ0v) is 13.3. The van der Waals surface area contributed by atoms with Gasteiger partial charge < -0.3 is 0 Å². The lowest BCUT2D eigenvalue weighted by Crippen LogP contribution is -1.96. The third-order valence-corrected chi connectivity index (χ3v) is 4.30. The van der Waals surface area contributed by atoms with Crippen LogP contribution in [0.3, 0.4) is 0 Å². The molecular weight excluding hydrogens is 348 g/mol. The van der Waals surface area contributed by atoms with Crippen LogP contribution in [0.15, 0.2) is 65.3 Å². The first-order valence-corrected chi connectivity index (χ1v) is 7.72. The van der Waals surface area contributed by atoms with E-state index >= 15 is 0 Å². The fraction of sp³-hybridized carbons (Fsp3) is 0. The van der Waals surface area contributed by atoms with Gasteiger partial charge in [0.05, 0.1) is 11.0 Å². The standard InChI is InChI=1S/C17H10BrClN2/c18-11-5-6-14-13-3-1-2-4-15(13)21(16(14)9-11)17-10-12(19)7-8-20-17/h1-10H. The molecule has 2 aromatic carbocycles. The number of hydrogen-bond donors (Lipinski definition) is 0. The molecule has 2 aromatic heterocycles. The van der Waals surface area contributed by atoms with Gasteiger partial charge in [-0.1, -0.05) is 51.8 Å². The van der Waals surface area contributed by atoms with Gasteiger partial charge in [0, 0.05) is 32.5 Å². The Kier molecular flexibility index (Phi) is 2.98. The van der Waals surface area contributed by atoms with Crippen molar-refractivity contribution in [3.63, 3.8) is 0 Å². The quantitative estimate of drug-likeness (QED) is 0.434. The average molecular weight is 358 g/mol. The van der Waals surface area contributed by atoms with Crippen molar-refractivity contribution in [3.05, 3.63) is 70.3 Å². The molecule has 0 N–H and O–H groups in total. The Morgan fingerprint density at radius 1 is 0.905 bits per heavy atom. The molecule has 0 aliphatic heterocycles. The first-order chi connectivity index (χ1) is 10.2. The van der Waals surface area contributed by atoms with Gasteiger partial charge in [0.15, 0.2) is 0 Å². The van der Waals surface area contributed by atoms with Gasteiger partial charge in [-0.05, 0) is 24.3 Å². The number of aromatic nitrogens is 2. The molecule has 0 radical (unpaired) electrons. The van der Waals surface area contributed by atoms with Gasteiger partial charge in [0.2, 0.25) is 0 Å². The molecule has 0 aliphatic rings. The summed E-state index contributed by atoms with van der Waals surface area (Å²) >= 11 is 9.68. The van der Waals surface area contributed by atoms with Crippen LogP contribution in [-0.4, -0.2) is 9.55 Å². The lowest BCUT2D eigenvalue weighted by Gasteiger charge is -2.06. The highest BCUT2D eigenvalue weighted by molar-refractivity contribution is 9.10. The fourth-order valence-electron chi connectivity index (χ4n) is 2.71. The Morgan fingerprint density at radius 2 is 1.71 bits per heavy atom. The van der Waals surface area contributed by atoms with Crippen molar-refractivity contribution in [2.24, 2.45) is 0 Å². The van der Waals surface area contributed by atoms with Crippen molar-refractivity contribution in [2.45, 2.75) is 0 Å². The summed E-state index contributed by atoms with van der Waals surface area (Å²) in [5.41, 5.74) is 2.24. The predicted octanol–water partition coefficient (Wildman–Crippen LogP) is 5.59. The molecule has 0 fully saturated rings.